The molecule has 1 aromatic rings. The van der Waals surface area contributed by atoms with Gasteiger partial charge in [-0.3, -0.25) is 4.18 Å². The third kappa shape index (κ3) is 4.53. The van der Waals surface area contributed by atoms with Crippen molar-refractivity contribution in [2.24, 2.45) is 0 Å². The molecule has 1 aromatic carbocycles. The molecule has 0 radical (unpaired) electrons. The van der Waals surface area contributed by atoms with E-state index in [9.17, 15) is 4.21 Å². The van der Waals surface area contributed by atoms with Crippen LogP contribution in [0.15, 0.2) is 30.3 Å². The Morgan fingerprint density at radius 1 is 1.21 bits per heavy atom. The fourth-order valence-corrected chi connectivity index (χ4v) is 2.10. The minimum absolute atomic E-state index is 0.348. The predicted octanol–water partition coefficient (Wildman–Crippen LogP) is 2.67. The van der Waals surface area contributed by atoms with Crippen molar-refractivity contribution in [3.63, 3.8) is 0 Å². The van der Waals surface area contributed by atoms with Gasteiger partial charge in [-0.1, -0.05) is 30.3 Å². The molecular weight excluding hydrogens is 196 g/mol. The molecule has 2 nitrogen and oxygen atoms in total. The predicted molar refractivity (Wildman–Crippen MR) is 59.1 cm³/mol. The van der Waals surface area contributed by atoms with E-state index >= 15 is 0 Å². The van der Waals surface area contributed by atoms with Crippen molar-refractivity contribution in [3.8, 4) is 0 Å². The Morgan fingerprint density at radius 3 is 2.29 bits per heavy atom. The van der Waals surface area contributed by atoms with Crippen molar-refractivity contribution >= 4 is 11.1 Å². The summed E-state index contributed by atoms with van der Waals surface area (Å²) < 4.78 is 16.8. The van der Waals surface area contributed by atoms with Gasteiger partial charge < -0.3 is 0 Å². The number of benzene rings is 1. The highest BCUT2D eigenvalue weighted by atomic mass is 32.2. The van der Waals surface area contributed by atoms with E-state index in [4.69, 9.17) is 4.18 Å². The molecule has 0 spiro atoms. The first kappa shape index (κ1) is 11.4. The summed E-state index contributed by atoms with van der Waals surface area (Å²) in [5, 5.41) is 0. The molecule has 0 saturated heterocycles. The van der Waals surface area contributed by atoms with Crippen LogP contribution in [-0.2, 0) is 21.0 Å². The standard InChI is InChI=1S/C11H16O2S/c1-11(2,3)13-14(12)9-10-7-5-4-6-8-10/h4-8H,9H2,1-3H3. The SMILES string of the molecule is CC(C)(C)OS(=O)Cc1ccccc1. The molecular formula is C11H16O2S. The summed E-state index contributed by atoms with van der Waals surface area (Å²) in [5.74, 6) is 0.456. The minimum atomic E-state index is -1.24. The first-order valence-corrected chi connectivity index (χ1v) is 5.83. The van der Waals surface area contributed by atoms with E-state index in [1.54, 1.807) is 0 Å². The Morgan fingerprint density at radius 2 is 1.79 bits per heavy atom. The van der Waals surface area contributed by atoms with Gasteiger partial charge in [-0.15, -0.1) is 0 Å². The summed E-state index contributed by atoms with van der Waals surface area (Å²) in [6, 6.07) is 9.71. The highest BCUT2D eigenvalue weighted by Gasteiger charge is 2.15. The lowest BCUT2D eigenvalue weighted by Crippen LogP contribution is -2.21. The largest absolute Gasteiger partial charge is 0.285 e. The maximum absolute atomic E-state index is 11.5. The van der Waals surface area contributed by atoms with E-state index in [2.05, 4.69) is 0 Å². The molecule has 1 atom stereocenters. The first-order chi connectivity index (χ1) is 6.47. The lowest BCUT2D eigenvalue weighted by molar-refractivity contribution is 0.152. The summed E-state index contributed by atoms with van der Waals surface area (Å²) in [7, 11) is 0. The second-order valence-corrected chi connectivity index (χ2v) is 5.19. The molecule has 0 bridgehead atoms. The quantitative estimate of drug-likeness (QED) is 0.770. The summed E-state index contributed by atoms with van der Waals surface area (Å²) in [6.07, 6.45) is 0. The van der Waals surface area contributed by atoms with Gasteiger partial charge in [0, 0.05) is 0 Å². The number of hydrogen-bond donors (Lipinski definition) is 0. The zero-order valence-corrected chi connectivity index (χ0v) is 9.64. The second-order valence-electron chi connectivity index (χ2n) is 4.13. The molecule has 1 rings (SSSR count). The molecule has 0 heterocycles. The second kappa shape index (κ2) is 4.71. The van der Waals surface area contributed by atoms with Crippen LogP contribution in [0.4, 0.5) is 0 Å². The molecule has 0 fully saturated rings. The van der Waals surface area contributed by atoms with Gasteiger partial charge in [0.05, 0.1) is 11.4 Å². The average Bonchev–Trinajstić information content (AvgIpc) is 2.02. The highest BCUT2D eigenvalue weighted by molar-refractivity contribution is 7.79. The smallest absolute Gasteiger partial charge is 0.160 e. The average molecular weight is 212 g/mol. The molecule has 0 aliphatic rings. The highest BCUT2D eigenvalue weighted by Crippen LogP contribution is 2.12. The molecule has 0 aliphatic heterocycles. The van der Waals surface area contributed by atoms with Crippen molar-refractivity contribution in [1.29, 1.82) is 0 Å². The molecule has 0 saturated carbocycles. The lowest BCUT2D eigenvalue weighted by Gasteiger charge is -2.17. The van der Waals surface area contributed by atoms with Gasteiger partial charge in [0.2, 0.25) is 0 Å². The lowest BCUT2D eigenvalue weighted by atomic mass is 10.2. The summed E-state index contributed by atoms with van der Waals surface area (Å²) in [4.78, 5) is 0. The van der Waals surface area contributed by atoms with Gasteiger partial charge >= 0.3 is 0 Å². The molecule has 78 valence electrons. The molecule has 1 unspecified atom stereocenters. The van der Waals surface area contributed by atoms with Crippen LogP contribution in [0.25, 0.3) is 0 Å². The maximum Gasteiger partial charge on any atom is 0.160 e. The van der Waals surface area contributed by atoms with E-state index in [0.717, 1.165) is 5.56 Å². The van der Waals surface area contributed by atoms with Crippen molar-refractivity contribution in [2.45, 2.75) is 32.1 Å². The Kier molecular flexibility index (Phi) is 3.84. The minimum Gasteiger partial charge on any atom is -0.285 e. The Bertz CT molecular complexity index is 301. The molecule has 0 N–H and O–H groups in total. The van der Waals surface area contributed by atoms with Crippen LogP contribution in [-0.4, -0.2) is 9.81 Å². The van der Waals surface area contributed by atoms with Crippen molar-refractivity contribution < 1.29 is 8.39 Å². The van der Waals surface area contributed by atoms with Gasteiger partial charge in [0.25, 0.3) is 0 Å². The van der Waals surface area contributed by atoms with E-state index < -0.39 is 11.1 Å². The Labute approximate surface area is 88.0 Å². The van der Waals surface area contributed by atoms with Gasteiger partial charge in [-0.2, -0.15) is 0 Å². The number of rotatable bonds is 3. The molecule has 0 aliphatic carbocycles. The topological polar surface area (TPSA) is 26.3 Å². The van der Waals surface area contributed by atoms with Crippen LogP contribution >= 0.6 is 0 Å². The monoisotopic (exact) mass is 212 g/mol. The van der Waals surface area contributed by atoms with Gasteiger partial charge in [0.15, 0.2) is 11.1 Å². The van der Waals surface area contributed by atoms with Crippen LogP contribution in [0.3, 0.4) is 0 Å². The summed E-state index contributed by atoms with van der Waals surface area (Å²) in [5.41, 5.74) is 0.690. The van der Waals surface area contributed by atoms with Gasteiger partial charge in [-0.25, -0.2) is 4.21 Å². The maximum atomic E-state index is 11.5. The molecule has 14 heavy (non-hydrogen) atoms. The van der Waals surface area contributed by atoms with Crippen LogP contribution in [0.5, 0.6) is 0 Å². The molecule has 0 amide bonds. The Balaban J connectivity index is 2.50. The van der Waals surface area contributed by atoms with Crippen LogP contribution in [0, 0.1) is 0 Å². The van der Waals surface area contributed by atoms with Crippen LogP contribution in [0.1, 0.15) is 26.3 Å². The molecule has 0 aromatic heterocycles. The van der Waals surface area contributed by atoms with E-state index in [1.807, 2.05) is 51.1 Å². The summed E-state index contributed by atoms with van der Waals surface area (Å²) in [6.45, 7) is 5.70. The van der Waals surface area contributed by atoms with Gasteiger partial charge in [-0.05, 0) is 26.3 Å². The first-order valence-electron chi connectivity index (χ1n) is 4.59. The zero-order valence-electron chi connectivity index (χ0n) is 8.82. The van der Waals surface area contributed by atoms with Crippen molar-refractivity contribution in [2.75, 3.05) is 0 Å². The normalized spacial score (nSPS) is 13.9. The fraction of sp³-hybridized carbons (Fsp3) is 0.455. The third-order valence-corrected chi connectivity index (χ3v) is 2.73. The zero-order chi connectivity index (χ0) is 10.6. The van der Waals surface area contributed by atoms with Crippen molar-refractivity contribution in [1.82, 2.24) is 0 Å². The van der Waals surface area contributed by atoms with E-state index in [0.29, 0.717) is 5.75 Å². The fourth-order valence-electron chi connectivity index (χ4n) is 1.02. The van der Waals surface area contributed by atoms with Crippen LogP contribution in [0.2, 0.25) is 0 Å². The third-order valence-electron chi connectivity index (χ3n) is 1.47. The van der Waals surface area contributed by atoms with E-state index in [-0.39, 0.29) is 5.60 Å². The van der Waals surface area contributed by atoms with Gasteiger partial charge in [0.1, 0.15) is 0 Å². The number of hydrogen-bond acceptors (Lipinski definition) is 2. The Hall–Kier alpha value is -0.670. The van der Waals surface area contributed by atoms with Crippen molar-refractivity contribution in [3.05, 3.63) is 35.9 Å². The summed E-state index contributed by atoms with van der Waals surface area (Å²) >= 11 is -1.24. The molecule has 3 heteroatoms. The van der Waals surface area contributed by atoms with Crippen LogP contribution < -0.4 is 0 Å². The van der Waals surface area contributed by atoms with E-state index in [1.165, 1.54) is 0 Å².